The average molecular weight is 361 g/mol. The van der Waals surface area contributed by atoms with Gasteiger partial charge in [-0.15, -0.1) is 24.0 Å². The standard InChI is InChI=1S/C9H19N3O2S.HI/c1-12(2)9(10)11-5-6-15(13,14)7-8-3-4-8;/h8H,3-7H2,1-2H3,(H2,10,11);1H. The van der Waals surface area contributed by atoms with E-state index < -0.39 is 9.84 Å². The summed E-state index contributed by atoms with van der Waals surface area (Å²) in [6, 6.07) is 0. The molecule has 1 rings (SSSR count). The Bertz CT molecular complexity index is 337. The molecule has 0 saturated heterocycles. The fraction of sp³-hybridized carbons (Fsp3) is 0.889. The number of sulfone groups is 1. The smallest absolute Gasteiger partial charge is 0.190 e. The summed E-state index contributed by atoms with van der Waals surface area (Å²) in [6.45, 7) is 0.263. The molecule has 0 radical (unpaired) electrons. The van der Waals surface area contributed by atoms with E-state index in [1.54, 1.807) is 19.0 Å². The zero-order valence-corrected chi connectivity index (χ0v) is 12.9. The van der Waals surface area contributed by atoms with Crippen molar-refractivity contribution in [1.82, 2.24) is 4.90 Å². The van der Waals surface area contributed by atoms with Gasteiger partial charge in [-0.3, -0.25) is 4.99 Å². The van der Waals surface area contributed by atoms with Crippen LogP contribution in [-0.2, 0) is 9.84 Å². The highest BCUT2D eigenvalue weighted by atomic mass is 127. The van der Waals surface area contributed by atoms with Crippen LogP contribution in [0.2, 0.25) is 0 Å². The number of halogens is 1. The molecule has 1 aliphatic rings. The molecule has 2 N–H and O–H groups in total. The second kappa shape index (κ2) is 6.63. The van der Waals surface area contributed by atoms with E-state index in [1.165, 1.54) is 0 Å². The number of nitrogens with two attached hydrogens (primary N) is 1. The van der Waals surface area contributed by atoms with Gasteiger partial charge in [0.05, 0.1) is 18.1 Å². The number of guanidine groups is 1. The first-order valence-electron chi connectivity index (χ1n) is 5.08. The molecule has 1 saturated carbocycles. The predicted molar refractivity (Wildman–Crippen MR) is 77.0 cm³/mol. The largest absolute Gasteiger partial charge is 0.370 e. The summed E-state index contributed by atoms with van der Waals surface area (Å²) in [6.07, 6.45) is 2.12. The van der Waals surface area contributed by atoms with Crippen LogP contribution >= 0.6 is 24.0 Å². The Morgan fingerprint density at radius 1 is 1.44 bits per heavy atom. The van der Waals surface area contributed by atoms with Gasteiger partial charge in [-0.2, -0.15) is 0 Å². The molecule has 0 unspecified atom stereocenters. The molecule has 1 aliphatic carbocycles. The third-order valence-corrected chi connectivity index (χ3v) is 4.10. The van der Waals surface area contributed by atoms with E-state index in [9.17, 15) is 8.42 Å². The minimum atomic E-state index is -2.92. The van der Waals surface area contributed by atoms with E-state index in [-0.39, 0.29) is 36.3 Å². The summed E-state index contributed by atoms with van der Waals surface area (Å²) in [7, 11) is 0.630. The fourth-order valence-electron chi connectivity index (χ4n) is 1.17. The fourth-order valence-corrected chi connectivity index (χ4v) is 2.76. The van der Waals surface area contributed by atoms with Crippen LogP contribution in [0.3, 0.4) is 0 Å². The Kier molecular flexibility index (Phi) is 6.61. The first-order chi connectivity index (χ1) is 6.91. The summed E-state index contributed by atoms with van der Waals surface area (Å²) in [5.74, 6) is 1.21. The molecule has 0 aromatic rings. The highest BCUT2D eigenvalue weighted by Crippen LogP contribution is 2.30. The topological polar surface area (TPSA) is 75.8 Å². The number of aliphatic imine (C=N–C) groups is 1. The van der Waals surface area contributed by atoms with E-state index in [0.29, 0.717) is 17.6 Å². The van der Waals surface area contributed by atoms with E-state index >= 15 is 0 Å². The normalized spacial score (nSPS) is 16.8. The van der Waals surface area contributed by atoms with Crippen molar-refractivity contribution in [3.8, 4) is 0 Å². The number of hydrogen-bond acceptors (Lipinski definition) is 3. The van der Waals surface area contributed by atoms with E-state index in [0.717, 1.165) is 12.8 Å². The Labute approximate surface area is 114 Å². The second-order valence-corrected chi connectivity index (χ2v) is 6.42. The molecular weight excluding hydrogens is 341 g/mol. The lowest BCUT2D eigenvalue weighted by Gasteiger charge is -2.10. The molecular formula is C9H20IN3O2S. The van der Waals surface area contributed by atoms with Gasteiger partial charge in [-0.25, -0.2) is 8.42 Å². The minimum Gasteiger partial charge on any atom is -0.370 e. The molecule has 0 spiro atoms. The molecule has 0 aromatic carbocycles. The van der Waals surface area contributed by atoms with Crippen molar-refractivity contribution in [1.29, 1.82) is 0 Å². The summed E-state index contributed by atoms with van der Waals surface area (Å²) in [4.78, 5) is 5.64. The van der Waals surface area contributed by atoms with Crippen LogP contribution in [0.15, 0.2) is 4.99 Å². The van der Waals surface area contributed by atoms with Gasteiger partial charge in [0.2, 0.25) is 0 Å². The van der Waals surface area contributed by atoms with Crippen molar-refractivity contribution >= 4 is 39.8 Å². The molecule has 0 atom stereocenters. The Hall–Kier alpha value is -0.0500. The van der Waals surface area contributed by atoms with Crippen molar-refractivity contribution in [2.45, 2.75) is 12.8 Å². The van der Waals surface area contributed by atoms with Gasteiger partial charge >= 0.3 is 0 Å². The highest BCUT2D eigenvalue weighted by molar-refractivity contribution is 14.0. The van der Waals surface area contributed by atoms with Gasteiger partial charge in [0, 0.05) is 14.1 Å². The van der Waals surface area contributed by atoms with Crippen molar-refractivity contribution in [3.05, 3.63) is 0 Å². The minimum absolute atomic E-state index is 0. The maximum atomic E-state index is 11.5. The lowest BCUT2D eigenvalue weighted by molar-refractivity contribution is 0.590. The van der Waals surface area contributed by atoms with Crippen molar-refractivity contribution < 1.29 is 8.42 Å². The summed E-state index contributed by atoms with van der Waals surface area (Å²) in [5.41, 5.74) is 5.54. The van der Waals surface area contributed by atoms with Crippen LogP contribution < -0.4 is 5.73 Å². The van der Waals surface area contributed by atoms with Crippen LogP contribution in [0.1, 0.15) is 12.8 Å². The molecule has 0 heterocycles. The van der Waals surface area contributed by atoms with Crippen LogP contribution in [0.4, 0.5) is 0 Å². The molecule has 0 amide bonds. The predicted octanol–water partition coefficient (Wildman–Crippen LogP) is 0.306. The summed E-state index contributed by atoms with van der Waals surface area (Å²) in [5, 5.41) is 0. The Balaban J connectivity index is 0.00000225. The maximum Gasteiger partial charge on any atom is 0.190 e. The Morgan fingerprint density at radius 2 is 2.00 bits per heavy atom. The van der Waals surface area contributed by atoms with Gasteiger partial charge in [-0.05, 0) is 18.8 Å². The Morgan fingerprint density at radius 3 is 2.44 bits per heavy atom. The molecule has 5 nitrogen and oxygen atoms in total. The third kappa shape index (κ3) is 6.51. The number of nitrogens with zero attached hydrogens (tertiary/aromatic N) is 2. The van der Waals surface area contributed by atoms with E-state index in [4.69, 9.17) is 5.73 Å². The molecule has 0 bridgehead atoms. The zero-order chi connectivity index (χ0) is 11.5. The third-order valence-electron chi connectivity index (χ3n) is 2.32. The van der Waals surface area contributed by atoms with Crippen LogP contribution in [0, 0.1) is 5.92 Å². The number of hydrogen-bond donors (Lipinski definition) is 1. The summed E-state index contributed by atoms with van der Waals surface area (Å²) >= 11 is 0. The molecule has 0 aromatic heterocycles. The molecule has 16 heavy (non-hydrogen) atoms. The van der Waals surface area contributed by atoms with Crippen LogP contribution in [-0.4, -0.2) is 51.4 Å². The van der Waals surface area contributed by atoms with E-state index in [1.807, 2.05) is 0 Å². The van der Waals surface area contributed by atoms with Crippen molar-refractivity contribution in [2.75, 3.05) is 32.1 Å². The van der Waals surface area contributed by atoms with Crippen LogP contribution in [0.5, 0.6) is 0 Å². The van der Waals surface area contributed by atoms with Crippen molar-refractivity contribution in [2.24, 2.45) is 16.6 Å². The SMILES string of the molecule is CN(C)C(N)=NCCS(=O)(=O)CC1CC1.I. The van der Waals surface area contributed by atoms with E-state index in [2.05, 4.69) is 4.99 Å². The molecule has 7 heteroatoms. The van der Waals surface area contributed by atoms with Gasteiger partial charge in [-0.1, -0.05) is 0 Å². The quantitative estimate of drug-likeness (QED) is 0.434. The maximum absolute atomic E-state index is 11.5. The highest BCUT2D eigenvalue weighted by Gasteiger charge is 2.27. The van der Waals surface area contributed by atoms with Gasteiger partial charge < -0.3 is 10.6 Å². The van der Waals surface area contributed by atoms with Crippen LogP contribution in [0.25, 0.3) is 0 Å². The van der Waals surface area contributed by atoms with Gasteiger partial charge in [0.25, 0.3) is 0 Å². The summed E-state index contributed by atoms with van der Waals surface area (Å²) < 4.78 is 23.0. The lowest BCUT2D eigenvalue weighted by atomic mass is 10.5. The average Bonchev–Trinajstić information content (AvgIpc) is 2.86. The molecule has 0 aliphatic heterocycles. The molecule has 1 fully saturated rings. The number of rotatable bonds is 5. The lowest BCUT2D eigenvalue weighted by Crippen LogP contribution is -2.31. The second-order valence-electron chi connectivity index (χ2n) is 4.19. The van der Waals surface area contributed by atoms with Gasteiger partial charge in [0.1, 0.15) is 0 Å². The first-order valence-corrected chi connectivity index (χ1v) is 6.90. The van der Waals surface area contributed by atoms with Crippen molar-refractivity contribution in [3.63, 3.8) is 0 Å². The first kappa shape index (κ1) is 16.0. The van der Waals surface area contributed by atoms with Gasteiger partial charge in [0.15, 0.2) is 15.8 Å². The molecule has 96 valence electrons. The zero-order valence-electron chi connectivity index (χ0n) is 9.72. The monoisotopic (exact) mass is 361 g/mol.